The summed E-state index contributed by atoms with van der Waals surface area (Å²) in [7, 11) is -18.1. The largest absolute Gasteiger partial charge is 0.506 e. The minimum atomic E-state index is -5.16. The first-order valence-electron chi connectivity index (χ1n) is 15.0. The number of carbonyl (C=O) groups excluding carboxylic acids is 1. The SMILES string of the molecule is COc1cc(N=Nc2c(S(=O)(=O)O)cc3ccc(N=NC4C(=O)N(c5ccc(S(=O)(=O)O)cc5)N=C4C(=O)O)cc3c2O)c(O)cc1S(=O)(=O)CCOS(=O)(=O)O. The Hall–Kier alpha value is -6.01. The molecule has 5 rings (SSSR count). The van der Waals surface area contributed by atoms with Crippen molar-refractivity contribution in [2.45, 2.75) is 20.7 Å². The minimum absolute atomic E-state index is 0.0423. The minimum Gasteiger partial charge on any atom is -0.506 e. The monoisotopic (exact) mass is 872 g/mol. The van der Waals surface area contributed by atoms with Crippen molar-refractivity contribution in [2.75, 3.05) is 24.5 Å². The number of amides is 1. The number of anilines is 1. The van der Waals surface area contributed by atoms with Crippen molar-refractivity contribution in [1.29, 1.82) is 0 Å². The van der Waals surface area contributed by atoms with Crippen LogP contribution in [0, 0.1) is 0 Å². The summed E-state index contributed by atoms with van der Waals surface area (Å²) < 4.78 is 131. The summed E-state index contributed by atoms with van der Waals surface area (Å²) in [6.07, 6.45) is 0. The number of carboxylic acid groups (broad SMARTS) is 1. The fourth-order valence-corrected chi connectivity index (χ4v) is 7.75. The van der Waals surface area contributed by atoms with Gasteiger partial charge in [0, 0.05) is 17.5 Å². The Morgan fingerprint density at radius 2 is 1.51 bits per heavy atom. The van der Waals surface area contributed by atoms with Crippen LogP contribution in [-0.4, -0.2) is 106 Å². The number of azo groups is 2. The summed E-state index contributed by atoms with van der Waals surface area (Å²) in [5, 5.41) is 50.5. The van der Waals surface area contributed by atoms with E-state index < -0.39 is 120 Å². The number of hydrazone groups is 1. The van der Waals surface area contributed by atoms with Gasteiger partial charge in [0.1, 0.15) is 32.7 Å². The second-order valence-corrected chi connectivity index (χ2v) is 17.2. The third kappa shape index (κ3) is 9.35. The first-order valence-corrected chi connectivity index (χ1v) is 20.9. The highest BCUT2D eigenvalue weighted by molar-refractivity contribution is 7.91. The molecule has 28 heteroatoms. The molecular weight excluding hydrogens is 849 g/mol. The maximum atomic E-state index is 13.2. The van der Waals surface area contributed by atoms with Gasteiger partial charge in [-0.15, -0.1) is 10.2 Å². The fraction of sp³-hybridized carbons (Fsp3) is 0.138. The Labute approximate surface area is 320 Å². The van der Waals surface area contributed by atoms with E-state index in [4.69, 9.17) is 9.29 Å². The number of aliphatic carboxylic acids is 1. The number of hydrogen-bond donors (Lipinski definition) is 6. The molecule has 1 atom stereocenters. The number of carbonyl (C=O) groups is 2. The van der Waals surface area contributed by atoms with Gasteiger partial charge in [-0.05, 0) is 47.9 Å². The van der Waals surface area contributed by atoms with Crippen molar-refractivity contribution < 1.29 is 81.2 Å². The average Bonchev–Trinajstić information content (AvgIpc) is 3.45. The van der Waals surface area contributed by atoms with Gasteiger partial charge in [-0.3, -0.25) is 18.5 Å². The second kappa shape index (κ2) is 15.5. The lowest BCUT2D eigenvalue weighted by atomic mass is 10.1. The topological polar surface area (TPSA) is 376 Å². The van der Waals surface area contributed by atoms with Crippen molar-refractivity contribution in [3.8, 4) is 17.2 Å². The number of phenolic OH excluding ortho intramolecular Hbond substituents is 2. The maximum absolute atomic E-state index is 13.2. The van der Waals surface area contributed by atoms with Crippen molar-refractivity contribution in [3.05, 3.63) is 60.7 Å². The highest BCUT2D eigenvalue weighted by Gasteiger charge is 2.41. The van der Waals surface area contributed by atoms with Crippen molar-refractivity contribution >= 4 is 91.6 Å². The van der Waals surface area contributed by atoms with Crippen LogP contribution >= 0.6 is 0 Å². The summed E-state index contributed by atoms with van der Waals surface area (Å²) in [4.78, 5) is 22.9. The highest BCUT2D eigenvalue weighted by Crippen LogP contribution is 2.44. The number of rotatable bonds is 14. The standard InChI is InChI=1S/C29H24N6O18S4/c1-52-21-12-19(20(36)13-22(21)54(41,42)9-8-53-57(49,50)51)31-32-24-23(56(46,47)48)10-14-2-3-15(11-18(14)27(24)37)30-33-25-26(29(39)40)34-35(28(25)38)16-4-6-17(7-5-16)55(43,44)45/h2-7,10-13,25,36-37H,8-9H2,1H3,(H,39,40)(H,43,44,45)(H,46,47,48)(H,49,50,51). The third-order valence-corrected chi connectivity index (χ3v) is 11.4. The Morgan fingerprint density at radius 1 is 0.842 bits per heavy atom. The summed E-state index contributed by atoms with van der Waals surface area (Å²) >= 11 is 0. The molecule has 0 saturated carbocycles. The number of aromatic hydroxyl groups is 2. The van der Waals surface area contributed by atoms with E-state index in [1.54, 1.807) is 0 Å². The van der Waals surface area contributed by atoms with Crippen LogP contribution in [0.4, 0.5) is 22.7 Å². The summed E-state index contributed by atoms with van der Waals surface area (Å²) in [5.74, 6) is -6.03. The molecule has 1 amide bonds. The van der Waals surface area contributed by atoms with Crippen LogP contribution in [0.15, 0.2) is 101 Å². The number of ether oxygens (including phenoxy) is 1. The van der Waals surface area contributed by atoms with E-state index >= 15 is 0 Å². The van der Waals surface area contributed by atoms with Gasteiger partial charge in [-0.25, -0.2) is 17.4 Å². The maximum Gasteiger partial charge on any atom is 0.397 e. The predicted octanol–water partition coefficient (Wildman–Crippen LogP) is 2.70. The molecule has 0 aromatic heterocycles. The van der Waals surface area contributed by atoms with Gasteiger partial charge >= 0.3 is 16.4 Å². The second-order valence-electron chi connectivity index (χ2n) is 11.2. The van der Waals surface area contributed by atoms with Crippen LogP contribution in [0.3, 0.4) is 0 Å². The Kier molecular flexibility index (Phi) is 11.5. The lowest BCUT2D eigenvalue weighted by Gasteiger charge is -2.12. The molecule has 0 spiro atoms. The smallest absolute Gasteiger partial charge is 0.397 e. The van der Waals surface area contributed by atoms with Crippen LogP contribution in [0.2, 0.25) is 0 Å². The Balaban J connectivity index is 1.50. The predicted molar refractivity (Wildman–Crippen MR) is 191 cm³/mol. The molecular formula is C29H24N6O18S4. The zero-order chi connectivity index (χ0) is 42.2. The van der Waals surface area contributed by atoms with Gasteiger partial charge in [0.2, 0.25) is 6.04 Å². The first-order chi connectivity index (χ1) is 26.4. The Bertz CT molecular complexity index is 2880. The van der Waals surface area contributed by atoms with Gasteiger partial charge in [0.15, 0.2) is 21.3 Å². The molecule has 0 aliphatic carbocycles. The molecule has 24 nitrogen and oxygen atoms in total. The van der Waals surface area contributed by atoms with Gasteiger partial charge in [-0.2, -0.15) is 45.6 Å². The fourth-order valence-electron chi connectivity index (χ4n) is 4.95. The lowest BCUT2D eigenvalue weighted by molar-refractivity contribution is -0.130. The van der Waals surface area contributed by atoms with Crippen molar-refractivity contribution in [1.82, 2.24) is 0 Å². The molecule has 57 heavy (non-hydrogen) atoms. The van der Waals surface area contributed by atoms with E-state index in [-0.39, 0.29) is 22.1 Å². The number of sulfone groups is 1. The molecule has 1 aliphatic rings. The normalized spacial score (nSPS) is 15.5. The Morgan fingerprint density at radius 3 is 2.09 bits per heavy atom. The van der Waals surface area contributed by atoms with Gasteiger partial charge in [-0.1, -0.05) is 6.07 Å². The van der Waals surface area contributed by atoms with E-state index in [0.29, 0.717) is 11.1 Å². The molecule has 6 N–H and O–H groups in total. The number of methoxy groups -OCH3 is 1. The van der Waals surface area contributed by atoms with Crippen LogP contribution in [0.25, 0.3) is 10.8 Å². The molecule has 0 saturated heterocycles. The molecule has 1 heterocycles. The number of hydrogen-bond acceptors (Lipinski definition) is 19. The van der Waals surface area contributed by atoms with Crippen LogP contribution < -0.4 is 9.75 Å². The van der Waals surface area contributed by atoms with E-state index in [0.717, 1.165) is 49.6 Å². The molecule has 0 radical (unpaired) electrons. The molecule has 4 aromatic carbocycles. The highest BCUT2D eigenvalue weighted by atomic mass is 32.3. The average molecular weight is 873 g/mol. The summed E-state index contributed by atoms with van der Waals surface area (Å²) in [6.45, 7) is -1.01. The summed E-state index contributed by atoms with van der Waals surface area (Å²) in [6, 6.07) is 7.99. The van der Waals surface area contributed by atoms with Gasteiger partial charge in [0.05, 0.1) is 35.7 Å². The van der Waals surface area contributed by atoms with E-state index in [9.17, 15) is 67.7 Å². The molecule has 302 valence electrons. The number of nitrogens with zero attached hydrogens (tertiary/aromatic N) is 6. The number of fused-ring (bicyclic) bond motifs is 1. The zero-order valence-electron chi connectivity index (χ0n) is 28.2. The molecule has 0 fully saturated rings. The molecule has 1 aliphatic heterocycles. The molecule has 4 aromatic rings. The van der Waals surface area contributed by atoms with Crippen molar-refractivity contribution in [3.63, 3.8) is 0 Å². The van der Waals surface area contributed by atoms with Gasteiger partial charge < -0.3 is 20.1 Å². The third-order valence-electron chi connectivity index (χ3n) is 7.55. The van der Waals surface area contributed by atoms with Crippen LogP contribution in [-0.2, 0) is 54.2 Å². The number of carboxylic acids is 1. The zero-order valence-corrected chi connectivity index (χ0v) is 31.4. The summed E-state index contributed by atoms with van der Waals surface area (Å²) in [5.41, 5.74) is -2.51. The van der Waals surface area contributed by atoms with Crippen molar-refractivity contribution in [2.24, 2.45) is 25.6 Å². The van der Waals surface area contributed by atoms with Crippen LogP contribution in [0.1, 0.15) is 0 Å². The van der Waals surface area contributed by atoms with E-state index in [2.05, 4.69) is 29.7 Å². The molecule has 1 unspecified atom stereocenters. The first kappa shape index (κ1) is 42.1. The van der Waals surface area contributed by atoms with Gasteiger partial charge in [0.25, 0.3) is 26.1 Å². The van der Waals surface area contributed by atoms with E-state index in [1.807, 2.05) is 0 Å². The number of benzene rings is 4. The van der Waals surface area contributed by atoms with E-state index in [1.165, 1.54) is 12.1 Å². The van der Waals surface area contributed by atoms with Crippen LogP contribution in [0.5, 0.6) is 17.2 Å². The number of phenols is 2. The quantitative estimate of drug-likeness (QED) is 0.0783. The molecule has 0 bridgehead atoms. The lowest BCUT2D eigenvalue weighted by Crippen LogP contribution is -2.33.